The lowest BCUT2D eigenvalue weighted by Crippen LogP contribution is -2.41. The first-order valence-corrected chi connectivity index (χ1v) is 6.07. The van der Waals surface area contributed by atoms with E-state index in [-0.39, 0.29) is 5.56 Å². The van der Waals surface area contributed by atoms with Gasteiger partial charge < -0.3 is 5.32 Å². The van der Waals surface area contributed by atoms with Gasteiger partial charge in [-0.25, -0.2) is 8.78 Å². The Morgan fingerprint density at radius 3 is 2.74 bits per heavy atom. The van der Waals surface area contributed by atoms with Gasteiger partial charge in [-0.05, 0) is 19.4 Å². The van der Waals surface area contributed by atoms with Crippen LogP contribution in [0.15, 0.2) is 23.2 Å². The molecule has 1 atom stereocenters. The van der Waals surface area contributed by atoms with Gasteiger partial charge in [-0.2, -0.15) is 0 Å². The van der Waals surface area contributed by atoms with Crippen LogP contribution in [-0.2, 0) is 10.3 Å². The number of nitrogens with one attached hydrogen (secondary N) is 2. The molecule has 0 aromatic heterocycles. The molecule has 1 aliphatic heterocycles. The number of nitrogens with zero attached hydrogens (tertiary/aromatic N) is 1. The number of carbonyl (C=O) groups excluding carboxylic acids is 1. The molecule has 0 spiro atoms. The van der Waals surface area contributed by atoms with Crippen molar-refractivity contribution in [2.24, 2.45) is 4.99 Å². The number of halogens is 2. The molecule has 0 bridgehead atoms. The number of benzene rings is 1. The van der Waals surface area contributed by atoms with E-state index in [0.29, 0.717) is 12.5 Å². The minimum atomic E-state index is -1.27. The monoisotopic (exact) mass is 267 g/mol. The fourth-order valence-electron chi connectivity index (χ4n) is 1.94. The van der Waals surface area contributed by atoms with Crippen LogP contribution in [0.25, 0.3) is 0 Å². The number of aliphatic imine (C=N–C) groups is 1. The van der Waals surface area contributed by atoms with E-state index < -0.39 is 23.1 Å². The van der Waals surface area contributed by atoms with E-state index in [4.69, 9.17) is 0 Å². The van der Waals surface area contributed by atoms with Crippen molar-refractivity contribution in [3.05, 3.63) is 35.4 Å². The summed E-state index contributed by atoms with van der Waals surface area (Å²) in [6.45, 7) is 4.05. The molecule has 0 saturated carbocycles. The molecule has 2 rings (SSSR count). The largest absolute Gasteiger partial charge is 0.338 e. The van der Waals surface area contributed by atoms with E-state index in [1.807, 2.05) is 6.92 Å². The van der Waals surface area contributed by atoms with Gasteiger partial charge in [-0.15, -0.1) is 0 Å². The first kappa shape index (κ1) is 13.5. The van der Waals surface area contributed by atoms with Crippen LogP contribution < -0.4 is 10.6 Å². The first-order chi connectivity index (χ1) is 8.97. The minimum absolute atomic E-state index is 0.0908. The van der Waals surface area contributed by atoms with E-state index in [1.54, 1.807) is 0 Å². The van der Waals surface area contributed by atoms with Crippen LogP contribution in [0, 0.1) is 11.6 Å². The summed E-state index contributed by atoms with van der Waals surface area (Å²) in [4.78, 5) is 16.1. The summed E-state index contributed by atoms with van der Waals surface area (Å²) in [5, 5.41) is 5.41. The Morgan fingerprint density at radius 1 is 1.37 bits per heavy atom. The van der Waals surface area contributed by atoms with Gasteiger partial charge in [-0.3, -0.25) is 15.1 Å². The Morgan fingerprint density at radius 2 is 2.11 bits per heavy atom. The average Bonchev–Trinajstić information content (AvgIpc) is 2.63. The summed E-state index contributed by atoms with van der Waals surface area (Å²) in [5.41, 5.74) is -1.18. The molecule has 1 aliphatic rings. The highest BCUT2D eigenvalue weighted by Gasteiger charge is 2.44. The van der Waals surface area contributed by atoms with Crippen LogP contribution >= 0.6 is 0 Å². The normalized spacial score (nSPS) is 24.4. The van der Waals surface area contributed by atoms with Gasteiger partial charge in [0.1, 0.15) is 17.2 Å². The molecule has 1 unspecified atom stereocenters. The summed E-state index contributed by atoms with van der Waals surface area (Å²) in [5.74, 6) is -1.53. The molecule has 1 aromatic carbocycles. The Balaban J connectivity index is 2.35. The Hall–Kier alpha value is -1.98. The molecule has 1 aromatic rings. The molecule has 4 nitrogen and oxygen atoms in total. The van der Waals surface area contributed by atoms with Crippen molar-refractivity contribution in [2.75, 3.05) is 6.54 Å². The molecule has 1 heterocycles. The number of carbonyl (C=O) groups is 1. The predicted molar refractivity (Wildman–Crippen MR) is 67.6 cm³/mol. The third-order valence-electron chi connectivity index (χ3n) is 3.02. The molecule has 0 radical (unpaired) electrons. The minimum Gasteiger partial charge on any atom is -0.338 e. The summed E-state index contributed by atoms with van der Waals surface area (Å²) in [6, 6.07) is 3.15. The summed E-state index contributed by atoms with van der Waals surface area (Å²) >= 11 is 0. The number of hydrogen-bond donors (Lipinski definition) is 2. The van der Waals surface area contributed by atoms with Crippen molar-refractivity contribution >= 4 is 11.9 Å². The predicted octanol–water partition coefficient (Wildman–Crippen LogP) is 1.67. The van der Waals surface area contributed by atoms with Crippen molar-refractivity contribution in [1.29, 1.82) is 0 Å². The van der Waals surface area contributed by atoms with E-state index in [1.165, 1.54) is 13.0 Å². The van der Waals surface area contributed by atoms with E-state index >= 15 is 0 Å². The standard InChI is InChI=1S/C13H15F2N3O/c1-3-6-16-12-17-11(19)13(2,18-12)9-5-4-8(14)7-10(9)15/h4-5,7H,3,6H2,1-2H3,(H2,16,17,18,19). The molecule has 0 aliphatic carbocycles. The molecule has 6 heteroatoms. The van der Waals surface area contributed by atoms with E-state index in [2.05, 4.69) is 15.6 Å². The Labute approximate surface area is 109 Å². The number of rotatable bonds is 3. The van der Waals surface area contributed by atoms with Crippen LogP contribution in [0.4, 0.5) is 8.78 Å². The van der Waals surface area contributed by atoms with Crippen molar-refractivity contribution in [2.45, 2.75) is 25.8 Å². The van der Waals surface area contributed by atoms with Gasteiger partial charge in [0.15, 0.2) is 5.96 Å². The van der Waals surface area contributed by atoms with Crippen LogP contribution in [0.3, 0.4) is 0 Å². The van der Waals surface area contributed by atoms with Crippen molar-refractivity contribution in [3.63, 3.8) is 0 Å². The van der Waals surface area contributed by atoms with E-state index in [9.17, 15) is 13.6 Å². The zero-order valence-corrected chi connectivity index (χ0v) is 10.8. The zero-order chi connectivity index (χ0) is 14.0. The molecular weight excluding hydrogens is 252 g/mol. The fourth-order valence-corrected chi connectivity index (χ4v) is 1.94. The summed E-state index contributed by atoms with van der Waals surface area (Å²) < 4.78 is 26.7. The second kappa shape index (κ2) is 4.95. The highest BCUT2D eigenvalue weighted by Crippen LogP contribution is 2.27. The lowest BCUT2D eigenvalue weighted by atomic mass is 9.92. The highest BCUT2D eigenvalue weighted by molar-refractivity contribution is 6.09. The molecule has 19 heavy (non-hydrogen) atoms. The zero-order valence-electron chi connectivity index (χ0n) is 10.8. The maximum absolute atomic E-state index is 13.8. The van der Waals surface area contributed by atoms with Gasteiger partial charge in [0.05, 0.1) is 0 Å². The molecule has 102 valence electrons. The van der Waals surface area contributed by atoms with Gasteiger partial charge in [-0.1, -0.05) is 13.0 Å². The Bertz CT molecular complexity index is 545. The third kappa shape index (κ3) is 2.43. The summed E-state index contributed by atoms with van der Waals surface area (Å²) in [6.07, 6.45) is 0.836. The van der Waals surface area contributed by atoms with Crippen LogP contribution in [0.2, 0.25) is 0 Å². The quantitative estimate of drug-likeness (QED) is 0.875. The van der Waals surface area contributed by atoms with Gasteiger partial charge in [0.25, 0.3) is 5.91 Å². The SMILES string of the molecule is CCCN=C1NC(=O)C(C)(c2ccc(F)cc2F)N1. The maximum atomic E-state index is 13.8. The molecule has 1 saturated heterocycles. The number of amides is 1. The van der Waals surface area contributed by atoms with Crippen LogP contribution in [0.5, 0.6) is 0 Å². The van der Waals surface area contributed by atoms with Crippen LogP contribution in [-0.4, -0.2) is 18.4 Å². The van der Waals surface area contributed by atoms with Crippen molar-refractivity contribution in [1.82, 2.24) is 10.6 Å². The molecule has 2 N–H and O–H groups in total. The smallest absolute Gasteiger partial charge is 0.256 e. The van der Waals surface area contributed by atoms with Gasteiger partial charge >= 0.3 is 0 Å². The lowest BCUT2D eigenvalue weighted by Gasteiger charge is -2.22. The van der Waals surface area contributed by atoms with Crippen LogP contribution in [0.1, 0.15) is 25.8 Å². The number of hydrogen-bond acceptors (Lipinski definition) is 2. The van der Waals surface area contributed by atoms with Gasteiger partial charge in [0.2, 0.25) is 0 Å². The topological polar surface area (TPSA) is 53.5 Å². The Kier molecular flexibility index (Phi) is 3.50. The molecule has 1 fully saturated rings. The highest BCUT2D eigenvalue weighted by atomic mass is 19.1. The molecular formula is C13H15F2N3O. The van der Waals surface area contributed by atoms with E-state index in [0.717, 1.165) is 18.6 Å². The maximum Gasteiger partial charge on any atom is 0.256 e. The first-order valence-electron chi connectivity index (χ1n) is 6.07. The van der Waals surface area contributed by atoms with Crippen molar-refractivity contribution in [3.8, 4) is 0 Å². The average molecular weight is 267 g/mol. The van der Waals surface area contributed by atoms with Gasteiger partial charge in [0, 0.05) is 18.2 Å². The second-order valence-electron chi connectivity index (χ2n) is 4.56. The summed E-state index contributed by atoms with van der Waals surface area (Å²) in [7, 11) is 0. The number of guanidine groups is 1. The second-order valence-corrected chi connectivity index (χ2v) is 4.56. The lowest BCUT2D eigenvalue weighted by molar-refractivity contribution is -0.123. The van der Waals surface area contributed by atoms with Crippen molar-refractivity contribution < 1.29 is 13.6 Å². The third-order valence-corrected chi connectivity index (χ3v) is 3.02. The molecule has 1 amide bonds. The fraction of sp³-hybridized carbons (Fsp3) is 0.385.